The molecule has 0 saturated carbocycles. The van der Waals surface area contributed by atoms with Gasteiger partial charge in [-0.3, -0.25) is 0 Å². The third-order valence-corrected chi connectivity index (χ3v) is 4.43. The van der Waals surface area contributed by atoms with Crippen LogP contribution in [0.25, 0.3) is 0 Å². The van der Waals surface area contributed by atoms with Crippen molar-refractivity contribution in [3.05, 3.63) is 0 Å². The zero-order valence-electron chi connectivity index (χ0n) is 7.90. The van der Waals surface area contributed by atoms with Crippen molar-refractivity contribution in [2.75, 3.05) is 13.1 Å². The Bertz CT molecular complexity index is 318. The summed E-state index contributed by atoms with van der Waals surface area (Å²) in [5, 5.41) is 7.62. The number of rotatable bonds is 2. The van der Waals surface area contributed by atoms with Crippen molar-refractivity contribution in [1.29, 1.82) is 5.26 Å². The quantitative estimate of drug-likeness (QED) is 0.657. The predicted octanol–water partition coefficient (Wildman–Crippen LogP) is 0.570. The average molecular weight is 202 g/mol. The standard InChI is InChI=1S/C8H14N2O2S/c1-7-3-4-10(6-7)13(11,12)8(2)5-9/h7-8H,3-4,6H2,1-2H3. The van der Waals surface area contributed by atoms with Gasteiger partial charge in [-0.25, -0.2) is 12.7 Å². The Morgan fingerprint density at radius 1 is 1.62 bits per heavy atom. The molecule has 1 saturated heterocycles. The first kappa shape index (κ1) is 10.5. The summed E-state index contributed by atoms with van der Waals surface area (Å²) in [7, 11) is -3.35. The molecule has 0 aliphatic carbocycles. The van der Waals surface area contributed by atoms with Gasteiger partial charge in [-0.05, 0) is 19.3 Å². The Morgan fingerprint density at radius 2 is 2.23 bits per heavy atom. The van der Waals surface area contributed by atoms with E-state index in [9.17, 15) is 8.42 Å². The van der Waals surface area contributed by atoms with Crippen LogP contribution in [0.3, 0.4) is 0 Å². The summed E-state index contributed by atoms with van der Waals surface area (Å²) in [6, 6.07) is 1.77. The lowest BCUT2D eigenvalue weighted by atomic mass is 10.2. The molecule has 0 radical (unpaired) electrons. The monoisotopic (exact) mass is 202 g/mol. The molecule has 1 aliphatic rings. The Balaban J connectivity index is 2.78. The largest absolute Gasteiger partial charge is 0.230 e. The minimum atomic E-state index is -3.35. The smallest absolute Gasteiger partial charge is 0.211 e. The molecule has 0 aromatic heterocycles. The van der Waals surface area contributed by atoms with Gasteiger partial charge in [0.05, 0.1) is 6.07 Å². The molecule has 74 valence electrons. The van der Waals surface area contributed by atoms with E-state index >= 15 is 0 Å². The molecule has 0 aromatic rings. The van der Waals surface area contributed by atoms with Crippen LogP contribution in [0.1, 0.15) is 20.3 Å². The number of nitrogens with zero attached hydrogens (tertiary/aromatic N) is 2. The van der Waals surface area contributed by atoms with Gasteiger partial charge < -0.3 is 0 Å². The molecule has 2 unspecified atom stereocenters. The van der Waals surface area contributed by atoms with Crippen LogP contribution in [-0.4, -0.2) is 31.1 Å². The van der Waals surface area contributed by atoms with Gasteiger partial charge in [0.2, 0.25) is 10.0 Å². The van der Waals surface area contributed by atoms with Crippen LogP contribution in [0.2, 0.25) is 0 Å². The zero-order valence-corrected chi connectivity index (χ0v) is 8.71. The molecule has 2 atom stereocenters. The Labute approximate surface area is 79.2 Å². The first-order chi connectivity index (χ1) is 5.98. The summed E-state index contributed by atoms with van der Waals surface area (Å²) < 4.78 is 24.6. The van der Waals surface area contributed by atoms with Crippen LogP contribution in [0, 0.1) is 17.2 Å². The molecule has 0 bridgehead atoms. The highest BCUT2D eigenvalue weighted by molar-refractivity contribution is 7.89. The minimum absolute atomic E-state index is 0.417. The fourth-order valence-corrected chi connectivity index (χ4v) is 2.82. The van der Waals surface area contributed by atoms with Gasteiger partial charge in [0.25, 0.3) is 0 Å². The molecule has 0 aromatic carbocycles. The van der Waals surface area contributed by atoms with E-state index in [0.717, 1.165) is 6.42 Å². The average Bonchev–Trinajstić information content (AvgIpc) is 2.50. The van der Waals surface area contributed by atoms with Crippen LogP contribution >= 0.6 is 0 Å². The molecule has 0 amide bonds. The van der Waals surface area contributed by atoms with E-state index in [4.69, 9.17) is 5.26 Å². The second-order valence-corrected chi connectivity index (χ2v) is 5.82. The van der Waals surface area contributed by atoms with E-state index in [0.29, 0.717) is 19.0 Å². The van der Waals surface area contributed by atoms with E-state index < -0.39 is 15.3 Å². The first-order valence-electron chi connectivity index (χ1n) is 4.37. The summed E-state index contributed by atoms with van der Waals surface area (Å²) in [6.45, 7) is 4.58. The molecule has 1 fully saturated rings. The number of hydrogen-bond donors (Lipinski definition) is 0. The normalized spacial score (nSPS) is 27.0. The van der Waals surface area contributed by atoms with Gasteiger partial charge in [0.15, 0.2) is 5.25 Å². The summed E-state index contributed by atoms with van der Waals surface area (Å²) in [5.41, 5.74) is 0. The summed E-state index contributed by atoms with van der Waals surface area (Å²) in [4.78, 5) is 0. The lowest BCUT2D eigenvalue weighted by Crippen LogP contribution is -2.35. The van der Waals surface area contributed by atoms with Gasteiger partial charge in [-0.1, -0.05) is 6.92 Å². The molecule has 4 nitrogen and oxygen atoms in total. The van der Waals surface area contributed by atoms with Crippen LogP contribution < -0.4 is 0 Å². The molecular formula is C8H14N2O2S. The first-order valence-corrected chi connectivity index (χ1v) is 5.87. The summed E-state index contributed by atoms with van der Waals surface area (Å²) in [6.07, 6.45) is 0.900. The van der Waals surface area contributed by atoms with Crippen molar-refractivity contribution >= 4 is 10.0 Å². The highest BCUT2D eigenvalue weighted by Gasteiger charge is 2.33. The molecule has 5 heteroatoms. The zero-order chi connectivity index (χ0) is 10.1. The fourth-order valence-electron chi connectivity index (χ4n) is 1.42. The van der Waals surface area contributed by atoms with Crippen LogP contribution in [-0.2, 0) is 10.0 Å². The predicted molar refractivity (Wildman–Crippen MR) is 49.3 cm³/mol. The van der Waals surface area contributed by atoms with Crippen molar-refractivity contribution in [1.82, 2.24) is 4.31 Å². The number of hydrogen-bond acceptors (Lipinski definition) is 3. The highest BCUT2D eigenvalue weighted by Crippen LogP contribution is 2.20. The third kappa shape index (κ3) is 2.01. The lowest BCUT2D eigenvalue weighted by molar-refractivity contribution is 0.461. The summed E-state index contributed by atoms with van der Waals surface area (Å²) >= 11 is 0. The molecule has 0 N–H and O–H groups in total. The maximum atomic E-state index is 11.6. The molecule has 1 rings (SSSR count). The molecule has 1 aliphatic heterocycles. The van der Waals surface area contributed by atoms with Crippen molar-refractivity contribution in [2.45, 2.75) is 25.5 Å². The molecule has 1 heterocycles. The second kappa shape index (κ2) is 3.64. The topological polar surface area (TPSA) is 61.2 Å². The van der Waals surface area contributed by atoms with Crippen LogP contribution in [0.15, 0.2) is 0 Å². The van der Waals surface area contributed by atoms with Gasteiger partial charge >= 0.3 is 0 Å². The van der Waals surface area contributed by atoms with Crippen molar-refractivity contribution < 1.29 is 8.42 Å². The van der Waals surface area contributed by atoms with E-state index in [-0.39, 0.29) is 0 Å². The fraction of sp³-hybridized carbons (Fsp3) is 0.875. The molecular weight excluding hydrogens is 188 g/mol. The van der Waals surface area contributed by atoms with E-state index in [1.54, 1.807) is 6.07 Å². The van der Waals surface area contributed by atoms with E-state index in [1.807, 2.05) is 6.92 Å². The van der Waals surface area contributed by atoms with Gasteiger partial charge in [0.1, 0.15) is 0 Å². The van der Waals surface area contributed by atoms with Crippen molar-refractivity contribution in [3.8, 4) is 6.07 Å². The van der Waals surface area contributed by atoms with Crippen molar-refractivity contribution in [2.24, 2.45) is 5.92 Å². The van der Waals surface area contributed by atoms with Crippen molar-refractivity contribution in [3.63, 3.8) is 0 Å². The van der Waals surface area contributed by atoms with E-state index in [1.165, 1.54) is 11.2 Å². The molecule has 13 heavy (non-hydrogen) atoms. The van der Waals surface area contributed by atoms with Gasteiger partial charge in [-0.15, -0.1) is 0 Å². The maximum Gasteiger partial charge on any atom is 0.230 e. The van der Waals surface area contributed by atoms with Gasteiger partial charge in [0, 0.05) is 13.1 Å². The highest BCUT2D eigenvalue weighted by atomic mass is 32.2. The molecule has 0 spiro atoms. The van der Waals surface area contributed by atoms with Crippen LogP contribution in [0.5, 0.6) is 0 Å². The number of nitriles is 1. The summed E-state index contributed by atoms with van der Waals surface area (Å²) in [5.74, 6) is 0.417. The Morgan fingerprint density at radius 3 is 2.62 bits per heavy atom. The maximum absolute atomic E-state index is 11.6. The minimum Gasteiger partial charge on any atom is -0.211 e. The van der Waals surface area contributed by atoms with E-state index in [2.05, 4.69) is 0 Å². The Kier molecular flexibility index (Phi) is 2.94. The van der Waals surface area contributed by atoms with Gasteiger partial charge in [-0.2, -0.15) is 5.26 Å². The lowest BCUT2D eigenvalue weighted by Gasteiger charge is -2.16. The SMILES string of the molecule is CC1CCN(S(=O)(=O)C(C)C#N)C1. The third-order valence-electron chi connectivity index (χ3n) is 2.38. The second-order valence-electron chi connectivity index (χ2n) is 3.57. The Hall–Kier alpha value is -0.600. The number of sulfonamides is 1. The van der Waals surface area contributed by atoms with Crippen LogP contribution in [0.4, 0.5) is 0 Å².